The lowest BCUT2D eigenvalue weighted by Crippen LogP contribution is -2.11. The number of hydrogen-bond donors (Lipinski definition) is 1. The third-order valence-corrected chi connectivity index (χ3v) is 2.28. The summed E-state index contributed by atoms with van der Waals surface area (Å²) in [6, 6.07) is 3.23. The van der Waals surface area contributed by atoms with E-state index in [1.807, 2.05) is 0 Å². The first-order valence-corrected chi connectivity index (χ1v) is 5.54. The van der Waals surface area contributed by atoms with Gasteiger partial charge in [0, 0.05) is 0 Å². The van der Waals surface area contributed by atoms with Crippen LogP contribution in [-0.4, -0.2) is 39.8 Å². The SMILES string of the molecule is CCOC(=O)c1cncn1-c1ccc(O[B]O)cn1. The van der Waals surface area contributed by atoms with Gasteiger partial charge in [0.15, 0.2) is 5.69 Å². The Hall–Kier alpha value is -2.35. The number of carbonyl (C=O) groups excluding carboxylic acids is 1. The molecule has 0 aliphatic heterocycles. The van der Waals surface area contributed by atoms with E-state index in [0.717, 1.165) is 0 Å². The molecular weight excluding hydrogens is 249 g/mol. The first kappa shape index (κ1) is 13.1. The zero-order valence-electron chi connectivity index (χ0n) is 10.2. The average molecular weight is 260 g/mol. The third kappa shape index (κ3) is 2.91. The highest BCUT2D eigenvalue weighted by Gasteiger charge is 2.14. The zero-order chi connectivity index (χ0) is 13.7. The summed E-state index contributed by atoms with van der Waals surface area (Å²) in [6.07, 6.45) is 4.29. The van der Waals surface area contributed by atoms with Gasteiger partial charge in [-0.05, 0) is 19.1 Å². The Bertz CT molecular complexity index is 555. The molecule has 2 aromatic heterocycles. The van der Waals surface area contributed by atoms with Crippen molar-refractivity contribution in [3.63, 3.8) is 0 Å². The van der Waals surface area contributed by atoms with Crippen LogP contribution in [0.2, 0.25) is 0 Å². The van der Waals surface area contributed by atoms with Gasteiger partial charge in [-0.3, -0.25) is 4.57 Å². The first-order valence-electron chi connectivity index (χ1n) is 5.54. The van der Waals surface area contributed by atoms with Gasteiger partial charge in [0.1, 0.15) is 17.9 Å². The second kappa shape index (κ2) is 6.01. The fraction of sp³-hybridized carbons (Fsp3) is 0.182. The largest absolute Gasteiger partial charge is 0.569 e. The van der Waals surface area contributed by atoms with Crippen LogP contribution in [0.4, 0.5) is 0 Å². The molecule has 0 fully saturated rings. The van der Waals surface area contributed by atoms with Gasteiger partial charge in [0.05, 0.1) is 19.0 Å². The predicted molar refractivity (Wildman–Crippen MR) is 65.9 cm³/mol. The van der Waals surface area contributed by atoms with Gasteiger partial charge in [0.2, 0.25) is 0 Å². The van der Waals surface area contributed by atoms with E-state index >= 15 is 0 Å². The maximum atomic E-state index is 11.7. The topological polar surface area (TPSA) is 86.5 Å². The van der Waals surface area contributed by atoms with E-state index in [1.54, 1.807) is 19.1 Å². The fourth-order valence-electron chi connectivity index (χ4n) is 1.48. The van der Waals surface area contributed by atoms with Crippen LogP contribution < -0.4 is 4.65 Å². The quantitative estimate of drug-likeness (QED) is 0.616. The second-order valence-corrected chi connectivity index (χ2v) is 3.44. The number of carbonyl (C=O) groups is 1. The van der Waals surface area contributed by atoms with Crippen molar-refractivity contribution in [1.29, 1.82) is 0 Å². The Balaban J connectivity index is 2.26. The van der Waals surface area contributed by atoms with E-state index < -0.39 is 5.97 Å². The number of ether oxygens (including phenoxy) is 1. The number of hydrogen-bond acceptors (Lipinski definition) is 6. The van der Waals surface area contributed by atoms with Crippen LogP contribution in [-0.2, 0) is 4.74 Å². The maximum Gasteiger partial charge on any atom is 0.569 e. The van der Waals surface area contributed by atoms with Gasteiger partial charge in [0.25, 0.3) is 0 Å². The third-order valence-electron chi connectivity index (χ3n) is 2.28. The Kier molecular flexibility index (Phi) is 4.14. The van der Waals surface area contributed by atoms with Gasteiger partial charge < -0.3 is 14.4 Å². The van der Waals surface area contributed by atoms with Crippen molar-refractivity contribution >= 4 is 13.7 Å². The molecule has 0 saturated carbocycles. The van der Waals surface area contributed by atoms with Crippen molar-refractivity contribution in [2.24, 2.45) is 0 Å². The van der Waals surface area contributed by atoms with Crippen LogP contribution >= 0.6 is 0 Å². The molecule has 0 aliphatic rings. The summed E-state index contributed by atoms with van der Waals surface area (Å²) < 4.78 is 11.2. The molecule has 97 valence electrons. The minimum atomic E-state index is -0.467. The fourth-order valence-corrected chi connectivity index (χ4v) is 1.48. The molecular formula is C11H11BN3O4. The Morgan fingerprint density at radius 2 is 2.32 bits per heavy atom. The van der Waals surface area contributed by atoms with Crippen LogP contribution in [0.15, 0.2) is 30.9 Å². The molecule has 7 nitrogen and oxygen atoms in total. The lowest BCUT2D eigenvalue weighted by atomic mass is 10.3. The number of esters is 1. The molecule has 0 bridgehead atoms. The predicted octanol–water partition coefficient (Wildman–Crippen LogP) is 0.349. The first-order chi connectivity index (χ1) is 9.26. The Labute approximate surface area is 110 Å². The van der Waals surface area contributed by atoms with E-state index in [9.17, 15) is 4.79 Å². The number of nitrogens with zero attached hydrogens (tertiary/aromatic N) is 3. The van der Waals surface area contributed by atoms with Crippen molar-refractivity contribution in [1.82, 2.24) is 14.5 Å². The maximum absolute atomic E-state index is 11.7. The molecule has 0 atom stereocenters. The van der Waals surface area contributed by atoms with Crippen LogP contribution in [0.5, 0.6) is 5.75 Å². The second-order valence-electron chi connectivity index (χ2n) is 3.44. The summed E-state index contributed by atoms with van der Waals surface area (Å²) in [5.41, 5.74) is 0.289. The van der Waals surface area contributed by atoms with Gasteiger partial charge in [-0.2, -0.15) is 0 Å². The summed E-state index contributed by atoms with van der Waals surface area (Å²) in [4.78, 5) is 19.7. The lowest BCUT2D eigenvalue weighted by molar-refractivity contribution is 0.0517. The highest BCUT2D eigenvalue weighted by molar-refractivity contribution is 6.17. The summed E-state index contributed by atoms with van der Waals surface area (Å²) in [5.74, 6) is 0.403. The molecule has 0 aliphatic carbocycles. The molecule has 0 amide bonds. The summed E-state index contributed by atoms with van der Waals surface area (Å²) in [5, 5.41) is 8.50. The molecule has 2 rings (SSSR count). The van der Waals surface area contributed by atoms with Gasteiger partial charge in [-0.1, -0.05) is 0 Å². The molecule has 19 heavy (non-hydrogen) atoms. The smallest absolute Gasteiger partial charge is 0.536 e. The van der Waals surface area contributed by atoms with Gasteiger partial charge in [-0.25, -0.2) is 14.8 Å². The van der Waals surface area contributed by atoms with Crippen molar-refractivity contribution in [2.75, 3.05) is 6.61 Å². The minimum Gasteiger partial charge on any atom is -0.536 e. The molecule has 1 radical (unpaired) electrons. The van der Waals surface area contributed by atoms with Crippen LogP contribution in [0.1, 0.15) is 17.4 Å². The molecule has 0 unspecified atom stereocenters. The van der Waals surface area contributed by atoms with E-state index in [2.05, 4.69) is 9.97 Å². The van der Waals surface area contributed by atoms with E-state index in [-0.39, 0.29) is 12.3 Å². The lowest BCUT2D eigenvalue weighted by Gasteiger charge is -2.07. The highest BCUT2D eigenvalue weighted by atomic mass is 16.5. The average Bonchev–Trinajstić information content (AvgIpc) is 2.89. The molecule has 0 saturated heterocycles. The molecule has 2 heterocycles. The van der Waals surface area contributed by atoms with Crippen LogP contribution in [0.25, 0.3) is 5.82 Å². The van der Waals surface area contributed by atoms with Gasteiger partial charge in [-0.15, -0.1) is 0 Å². The van der Waals surface area contributed by atoms with Crippen molar-refractivity contribution in [3.8, 4) is 11.6 Å². The van der Waals surface area contributed by atoms with Crippen LogP contribution in [0.3, 0.4) is 0 Å². The molecule has 1 N–H and O–H groups in total. The molecule has 0 aromatic carbocycles. The van der Waals surface area contributed by atoms with Crippen LogP contribution in [0, 0.1) is 0 Å². The van der Waals surface area contributed by atoms with Crippen molar-refractivity contribution < 1.29 is 19.2 Å². The summed E-state index contributed by atoms with van der Waals surface area (Å²) >= 11 is 0. The highest BCUT2D eigenvalue weighted by Crippen LogP contribution is 2.14. The Morgan fingerprint density at radius 3 is 2.95 bits per heavy atom. The molecule has 2 aromatic rings. The van der Waals surface area contributed by atoms with Crippen molar-refractivity contribution in [2.45, 2.75) is 6.92 Å². The minimum absolute atomic E-state index is 0.288. The Morgan fingerprint density at radius 1 is 1.47 bits per heavy atom. The van der Waals surface area contributed by atoms with E-state index in [0.29, 0.717) is 19.3 Å². The zero-order valence-corrected chi connectivity index (χ0v) is 10.2. The number of imidazole rings is 1. The number of rotatable bonds is 5. The monoisotopic (exact) mass is 260 g/mol. The molecule has 8 heteroatoms. The van der Waals surface area contributed by atoms with Crippen molar-refractivity contribution in [3.05, 3.63) is 36.5 Å². The number of pyridine rings is 1. The van der Waals surface area contributed by atoms with E-state index in [1.165, 1.54) is 23.3 Å². The number of aromatic nitrogens is 3. The molecule has 0 spiro atoms. The summed E-state index contributed by atoms with van der Waals surface area (Å²) in [6.45, 7) is 2.02. The standard InChI is InChI=1S/C11H11BN3O4/c1-2-18-11(16)9-6-13-7-15(9)10-4-3-8(5-14-10)19-12-17/h3-7,17H,2H2,1H3. The van der Waals surface area contributed by atoms with E-state index in [4.69, 9.17) is 14.4 Å². The summed E-state index contributed by atoms with van der Waals surface area (Å²) in [7, 11) is 0.567. The normalized spacial score (nSPS) is 10.0. The van der Waals surface area contributed by atoms with Gasteiger partial charge >= 0.3 is 13.7 Å².